The molecule has 1 N–H and O–H groups in total. The number of anilines is 1. The second kappa shape index (κ2) is 5.02. The average Bonchev–Trinajstić information content (AvgIpc) is 2.69. The molecule has 0 atom stereocenters. The molecule has 0 amide bonds. The quantitative estimate of drug-likeness (QED) is 0.910. The first-order chi connectivity index (χ1) is 9.93. The SMILES string of the molecule is CC1(C)Cc2cccc(CNc3cc(F)cc(F)c3)c2O1. The lowest BCUT2D eigenvalue weighted by Crippen LogP contribution is -2.25. The molecule has 1 heterocycles. The van der Waals surface area contributed by atoms with E-state index in [-0.39, 0.29) is 5.60 Å². The highest BCUT2D eigenvalue weighted by Crippen LogP contribution is 2.37. The van der Waals surface area contributed by atoms with E-state index in [1.807, 2.05) is 26.0 Å². The van der Waals surface area contributed by atoms with E-state index in [1.54, 1.807) is 0 Å². The number of benzene rings is 2. The highest BCUT2D eigenvalue weighted by molar-refractivity contribution is 5.49. The highest BCUT2D eigenvalue weighted by atomic mass is 19.1. The first-order valence-electron chi connectivity index (χ1n) is 6.93. The summed E-state index contributed by atoms with van der Waals surface area (Å²) in [5.74, 6) is -0.298. The predicted octanol–water partition coefficient (Wildman–Crippen LogP) is 4.29. The third-order valence-electron chi connectivity index (χ3n) is 3.52. The maximum Gasteiger partial charge on any atom is 0.128 e. The molecule has 0 unspecified atom stereocenters. The predicted molar refractivity (Wildman–Crippen MR) is 78.5 cm³/mol. The summed E-state index contributed by atoms with van der Waals surface area (Å²) >= 11 is 0. The van der Waals surface area contributed by atoms with Crippen molar-refractivity contribution >= 4 is 5.69 Å². The number of fused-ring (bicyclic) bond motifs is 1. The molecule has 0 aromatic heterocycles. The number of hydrogen-bond acceptors (Lipinski definition) is 2. The molecular formula is C17H17F2NO. The Labute approximate surface area is 122 Å². The largest absolute Gasteiger partial charge is 0.487 e. The van der Waals surface area contributed by atoms with E-state index < -0.39 is 11.6 Å². The van der Waals surface area contributed by atoms with Crippen LogP contribution in [0.5, 0.6) is 5.75 Å². The summed E-state index contributed by atoms with van der Waals surface area (Å²) in [6, 6.07) is 9.40. The number of hydrogen-bond donors (Lipinski definition) is 1. The Kier molecular flexibility index (Phi) is 3.32. The van der Waals surface area contributed by atoms with Gasteiger partial charge in [-0.15, -0.1) is 0 Å². The van der Waals surface area contributed by atoms with Gasteiger partial charge in [-0.05, 0) is 31.5 Å². The smallest absolute Gasteiger partial charge is 0.128 e. The molecule has 2 aromatic carbocycles. The van der Waals surface area contributed by atoms with Crippen LogP contribution in [-0.2, 0) is 13.0 Å². The summed E-state index contributed by atoms with van der Waals surface area (Å²) in [6.07, 6.45) is 0.866. The van der Waals surface area contributed by atoms with E-state index in [9.17, 15) is 8.78 Å². The van der Waals surface area contributed by atoms with Crippen LogP contribution in [0.25, 0.3) is 0 Å². The molecule has 2 aromatic rings. The van der Waals surface area contributed by atoms with Gasteiger partial charge in [-0.25, -0.2) is 8.78 Å². The number of halogens is 2. The van der Waals surface area contributed by atoms with Crippen LogP contribution >= 0.6 is 0 Å². The van der Waals surface area contributed by atoms with Crippen LogP contribution in [0.3, 0.4) is 0 Å². The minimum absolute atomic E-state index is 0.205. The molecule has 2 nitrogen and oxygen atoms in total. The monoisotopic (exact) mass is 289 g/mol. The van der Waals surface area contributed by atoms with Crippen LogP contribution in [-0.4, -0.2) is 5.60 Å². The summed E-state index contributed by atoms with van der Waals surface area (Å²) in [6.45, 7) is 4.56. The molecule has 0 aliphatic carbocycles. The second-order valence-electron chi connectivity index (χ2n) is 5.96. The number of ether oxygens (including phenoxy) is 1. The zero-order chi connectivity index (χ0) is 15.0. The van der Waals surface area contributed by atoms with E-state index in [1.165, 1.54) is 17.7 Å². The standard InChI is InChI=1S/C17H17F2NO/c1-17(2)9-11-4-3-5-12(16(11)21-17)10-20-15-7-13(18)6-14(19)8-15/h3-8,20H,9-10H2,1-2H3. The minimum atomic E-state index is -0.590. The number of para-hydroxylation sites is 1. The first-order valence-corrected chi connectivity index (χ1v) is 6.93. The van der Waals surface area contributed by atoms with E-state index in [0.717, 1.165) is 23.8 Å². The maximum absolute atomic E-state index is 13.2. The van der Waals surface area contributed by atoms with Gasteiger partial charge < -0.3 is 10.1 Å². The molecule has 110 valence electrons. The van der Waals surface area contributed by atoms with Crippen LogP contribution in [0, 0.1) is 11.6 Å². The molecular weight excluding hydrogens is 272 g/mol. The van der Waals surface area contributed by atoms with Crippen molar-refractivity contribution in [2.24, 2.45) is 0 Å². The van der Waals surface area contributed by atoms with E-state index >= 15 is 0 Å². The Morgan fingerprint density at radius 3 is 2.57 bits per heavy atom. The normalized spacial score (nSPS) is 15.4. The number of rotatable bonds is 3. The van der Waals surface area contributed by atoms with Gasteiger partial charge in [0.25, 0.3) is 0 Å². The van der Waals surface area contributed by atoms with Crippen LogP contribution in [0.15, 0.2) is 36.4 Å². The van der Waals surface area contributed by atoms with Gasteiger partial charge in [-0.1, -0.05) is 18.2 Å². The average molecular weight is 289 g/mol. The third kappa shape index (κ3) is 2.99. The summed E-state index contributed by atoms with van der Waals surface area (Å²) in [7, 11) is 0. The second-order valence-corrected chi connectivity index (χ2v) is 5.96. The minimum Gasteiger partial charge on any atom is -0.487 e. The van der Waals surface area contributed by atoms with Gasteiger partial charge >= 0.3 is 0 Å². The van der Waals surface area contributed by atoms with Crippen molar-refractivity contribution in [3.05, 3.63) is 59.2 Å². The Hall–Kier alpha value is -2.10. The van der Waals surface area contributed by atoms with Gasteiger partial charge in [0.15, 0.2) is 0 Å². The number of nitrogens with one attached hydrogen (secondary N) is 1. The molecule has 3 rings (SSSR count). The fraction of sp³-hybridized carbons (Fsp3) is 0.294. The summed E-state index contributed by atoms with van der Waals surface area (Å²) in [4.78, 5) is 0. The zero-order valence-corrected chi connectivity index (χ0v) is 12.0. The maximum atomic E-state index is 13.2. The van der Waals surface area contributed by atoms with Gasteiger partial charge in [0.1, 0.15) is 23.0 Å². The molecule has 4 heteroatoms. The van der Waals surface area contributed by atoms with E-state index in [4.69, 9.17) is 4.74 Å². The van der Waals surface area contributed by atoms with Gasteiger partial charge in [-0.3, -0.25) is 0 Å². The molecule has 1 aliphatic heterocycles. The van der Waals surface area contributed by atoms with Gasteiger partial charge in [0.05, 0.1) is 0 Å². The van der Waals surface area contributed by atoms with Crippen LogP contribution in [0.1, 0.15) is 25.0 Å². The van der Waals surface area contributed by atoms with Gasteiger partial charge in [-0.2, -0.15) is 0 Å². The summed E-state index contributed by atoms with van der Waals surface area (Å²) in [5, 5.41) is 3.04. The molecule has 0 fully saturated rings. The summed E-state index contributed by atoms with van der Waals surface area (Å²) < 4.78 is 32.3. The lowest BCUT2D eigenvalue weighted by molar-refractivity contribution is 0.137. The fourth-order valence-corrected chi connectivity index (χ4v) is 2.67. The van der Waals surface area contributed by atoms with Gasteiger partial charge in [0.2, 0.25) is 0 Å². The Balaban J connectivity index is 1.79. The topological polar surface area (TPSA) is 21.3 Å². The zero-order valence-electron chi connectivity index (χ0n) is 12.0. The molecule has 1 aliphatic rings. The fourth-order valence-electron chi connectivity index (χ4n) is 2.67. The van der Waals surface area contributed by atoms with E-state index in [0.29, 0.717) is 12.2 Å². The van der Waals surface area contributed by atoms with Crippen molar-refractivity contribution in [3.8, 4) is 5.75 Å². The first kappa shape index (κ1) is 13.9. The van der Waals surface area contributed by atoms with Gasteiger partial charge in [0, 0.05) is 30.3 Å². The third-order valence-corrected chi connectivity index (χ3v) is 3.52. The Bertz CT molecular complexity index is 662. The van der Waals surface area contributed by atoms with Crippen molar-refractivity contribution < 1.29 is 13.5 Å². The molecule has 0 saturated carbocycles. The van der Waals surface area contributed by atoms with Crippen LogP contribution < -0.4 is 10.1 Å². The van der Waals surface area contributed by atoms with Crippen LogP contribution in [0.4, 0.5) is 14.5 Å². The molecule has 0 saturated heterocycles. The van der Waals surface area contributed by atoms with Crippen molar-refractivity contribution in [1.82, 2.24) is 0 Å². The van der Waals surface area contributed by atoms with Crippen molar-refractivity contribution in [2.45, 2.75) is 32.4 Å². The molecule has 0 spiro atoms. The molecule has 21 heavy (non-hydrogen) atoms. The van der Waals surface area contributed by atoms with E-state index in [2.05, 4.69) is 11.4 Å². The van der Waals surface area contributed by atoms with Crippen molar-refractivity contribution in [2.75, 3.05) is 5.32 Å². The van der Waals surface area contributed by atoms with Crippen LogP contribution in [0.2, 0.25) is 0 Å². The lowest BCUT2D eigenvalue weighted by atomic mass is 10.0. The summed E-state index contributed by atoms with van der Waals surface area (Å²) in [5.41, 5.74) is 2.37. The molecule has 0 radical (unpaired) electrons. The lowest BCUT2D eigenvalue weighted by Gasteiger charge is -2.18. The van der Waals surface area contributed by atoms with Crippen molar-refractivity contribution in [1.29, 1.82) is 0 Å². The Morgan fingerprint density at radius 2 is 1.86 bits per heavy atom. The highest BCUT2D eigenvalue weighted by Gasteiger charge is 2.31. The molecule has 0 bridgehead atoms. The van der Waals surface area contributed by atoms with Crippen molar-refractivity contribution in [3.63, 3.8) is 0 Å². The Morgan fingerprint density at radius 1 is 1.14 bits per heavy atom.